The minimum Gasteiger partial charge on any atom is -0.341 e. The second-order valence-electron chi connectivity index (χ2n) is 22.6. The maximum atomic E-state index is 11.9. The molecule has 2 rings (SSSR count). The lowest BCUT2D eigenvalue weighted by Gasteiger charge is -2.45. The molecule has 0 saturated carbocycles. The molecule has 0 aliphatic carbocycles. The molecule has 43 nitrogen and oxygen atoms in total. The maximum absolute atomic E-state index is 11.9. The summed E-state index contributed by atoms with van der Waals surface area (Å²) in [6, 6.07) is 0. The normalized spacial score (nSPS) is 20.4. The first kappa shape index (κ1) is 123. The molecule has 51 heteroatoms. The molecule has 0 amide bonds. The molecule has 8 N–H and O–H groups in total. The summed E-state index contributed by atoms with van der Waals surface area (Å²) in [4.78, 5) is 19.0. The molecule has 0 bridgehead atoms. The van der Waals surface area contributed by atoms with Crippen LogP contribution in [0.4, 0.5) is 0 Å². The summed E-state index contributed by atoms with van der Waals surface area (Å²) in [6.07, 6.45) is -26.0. The molecule has 0 aromatic carbocycles. The third-order valence-electron chi connectivity index (χ3n) is 16.4. The van der Waals surface area contributed by atoms with Crippen molar-refractivity contribution in [2.45, 2.75) is 221 Å². The Bertz CT molecular complexity index is 3020. The lowest BCUT2D eigenvalue weighted by molar-refractivity contribution is -0.374. The minimum atomic E-state index is -6.24. The van der Waals surface area contributed by atoms with Gasteiger partial charge in [-0.25, -0.2) is 33.5 Å². The third kappa shape index (κ3) is 68.0. The summed E-state index contributed by atoms with van der Waals surface area (Å²) >= 11 is 0. The van der Waals surface area contributed by atoms with E-state index >= 15 is 0 Å². The summed E-state index contributed by atoms with van der Waals surface area (Å²) in [5, 5.41) is 0. The van der Waals surface area contributed by atoms with Crippen molar-refractivity contribution in [3.8, 4) is 0 Å². The average Bonchev–Trinajstić information content (AvgIpc) is 1.64. The topological polar surface area (TPSA) is 562 Å². The molecular weight excluding hydrogens is 1650 g/mol. The van der Waals surface area contributed by atoms with E-state index in [0.717, 1.165) is 0 Å². The number of nitrogens with zero attached hydrogens (tertiary/aromatic N) is 8. The molecule has 2 aliphatic rings. The van der Waals surface area contributed by atoms with Crippen LogP contribution in [0.3, 0.4) is 0 Å². The Morgan fingerprint density at radius 2 is 0.450 bits per heavy atom. The van der Waals surface area contributed by atoms with E-state index in [0.29, 0.717) is 0 Å². The van der Waals surface area contributed by atoms with Crippen LogP contribution >= 0.6 is 0 Å². The maximum Gasteiger partial charge on any atom is 0.397 e. The molecule has 2 fully saturated rings. The summed E-state index contributed by atoms with van der Waals surface area (Å²) in [6.45, 7) is 74.8. The van der Waals surface area contributed by atoms with Gasteiger partial charge in [0, 0.05) is 0 Å². The Kier molecular flexibility index (Phi) is 72.3. The minimum absolute atomic E-state index is 1.19. The van der Waals surface area contributed by atoms with E-state index in [-0.39, 0.29) is 0 Å². The molecule has 2 aliphatic heterocycles. The molecule has 0 aromatic rings. The number of rotatable bonds is 45. The highest BCUT2D eigenvalue weighted by atomic mass is 32.3. The molecule has 2 saturated heterocycles. The summed E-state index contributed by atoms with van der Waals surface area (Å²) in [5.74, 6) is -4.12. The van der Waals surface area contributed by atoms with Gasteiger partial charge in [-0.05, 0) is 157 Å². The van der Waals surface area contributed by atoms with Gasteiger partial charge in [-0.15, -0.1) is 0 Å². The quantitative estimate of drug-likeness (QED) is 0.0399. The van der Waals surface area contributed by atoms with Crippen molar-refractivity contribution >= 4 is 83.2 Å². The molecule has 0 aromatic heterocycles. The van der Waals surface area contributed by atoms with Gasteiger partial charge < -0.3 is 53.4 Å². The first-order valence-corrected chi connectivity index (χ1v) is 47.8. The van der Waals surface area contributed by atoms with E-state index < -0.39 is 158 Å². The van der Waals surface area contributed by atoms with Crippen LogP contribution in [0.25, 0.3) is 0 Å². The van der Waals surface area contributed by atoms with Crippen LogP contribution in [0, 0.1) is 0 Å². The fourth-order valence-electron chi connectivity index (χ4n) is 9.60. The molecular formula is C60H142N8O35S8. The van der Waals surface area contributed by atoms with Crippen LogP contribution in [0.15, 0.2) is 0 Å². The van der Waals surface area contributed by atoms with E-state index in [1.807, 2.05) is 0 Å². The van der Waals surface area contributed by atoms with Crippen molar-refractivity contribution in [2.24, 2.45) is 0 Å². The predicted octanol–water partition coefficient (Wildman–Crippen LogP) is 4.01. The first-order chi connectivity index (χ1) is 50.9. The van der Waals surface area contributed by atoms with Gasteiger partial charge in [0.1, 0.15) is 37.1 Å². The second-order valence-corrected chi connectivity index (χ2v) is 31.1. The molecule has 0 radical (unpaired) electrons. The highest BCUT2D eigenvalue weighted by Gasteiger charge is 2.65. The van der Waals surface area contributed by atoms with Crippen LogP contribution in [0.5, 0.6) is 0 Å². The monoisotopic (exact) mass is 1790 g/mol. The predicted molar refractivity (Wildman–Crippen MR) is 420 cm³/mol. The van der Waals surface area contributed by atoms with Crippen molar-refractivity contribution in [2.75, 3.05) is 177 Å². The molecule has 680 valence electrons. The van der Waals surface area contributed by atoms with E-state index in [1.165, 1.54) is 157 Å². The molecule has 0 unspecified atom stereocenters. The summed E-state index contributed by atoms with van der Waals surface area (Å²) in [7, 11) is -48.3. The Morgan fingerprint density at radius 1 is 0.252 bits per heavy atom. The second kappa shape index (κ2) is 65.4. The van der Waals surface area contributed by atoms with E-state index in [9.17, 15) is 94.7 Å². The lowest BCUT2D eigenvalue weighted by atomic mass is 9.99. The summed E-state index contributed by atoms with van der Waals surface area (Å²) < 4.78 is 307. The van der Waals surface area contributed by atoms with Gasteiger partial charge in [0.15, 0.2) is 18.5 Å². The third-order valence-corrected chi connectivity index (χ3v) is 20.0. The molecule has 0 spiro atoms. The largest absolute Gasteiger partial charge is 0.397 e. The van der Waals surface area contributed by atoms with Gasteiger partial charge in [-0.2, -0.15) is 67.3 Å². The Morgan fingerprint density at radius 3 is 0.649 bits per heavy atom. The van der Waals surface area contributed by atoms with Gasteiger partial charge in [-0.3, -0.25) is 36.4 Å². The van der Waals surface area contributed by atoms with Crippen molar-refractivity contribution < 1.29 is 151 Å². The van der Waals surface area contributed by atoms with Crippen molar-refractivity contribution in [1.29, 1.82) is 0 Å². The van der Waals surface area contributed by atoms with Crippen LogP contribution in [0.2, 0.25) is 0 Å². The fourth-order valence-corrected chi connectivity index (χ4v) is 13.0. The summed E-state index contributed by atoms with van der Waals surface area (Å²) in [5.41, 5.74) is 0. The standard InChI is InChI=1S/C12H22O35S8.8C6H15N/c13-48(14,15)37-1-4-6(43-51(22,23)24)8(45-53(28,29)30)9(46-54(31,32)33)11(40-4)42-12(3-39-50(19,20)21)10(47-55(34,35)36)7(44-52(25,26)27)5(41-12)2-38-49(16,17)18;8*1-4-7(5-2)6-3/h4-11H,1-3H2,(H,13,14,15)(H,16,17,18)(H,19,20,21)(H,22,23,24)(H,25,26,27)(H,28,29,30)(H,31,32,33)(H,34,35,36);8*4-6H2,1-3H3/t4-,5-,6-,7-,8+,9-,10+,11-,12+;;;;;;;;/m1......../s1. The van der Waals surface area contributed by atoms with Gasteiger partial charge >= 0.3 is 83.2 Å². The van der Waals surface area contributed by atoms with E-state index in [2.05, 4.69) is 239 Å². The zero-order valence-corrected chi connectivity index (χ0v) is 76.2. The van der Waals surface area contributed by atoms with Crippen LogP contribution in [0.1, 0.15) is 166 Å². The Hall–Kier alpha value is -1.48. The van der Waals surface area contributed by atoms with E-state index in [4.69, 9.17) is 23.3 Å². The van der Waals surface area contributed by atoms with Gasteiger partial charge in [-0.1, -0.05) is 166 Å². The average molecular weight is 1790 g/mol. The zero-order valence-electron chi connectivity index (χ0n) is 69.7. The highest BCUT2D eigenvalue weighted by Crippen LogP contribution is 2.43. The van der Waals surface area contributed by atoms with E-state index in [1.54, 1.807) is 0 Å². The number of hydrogen-bond donors (Lipinski definition) is 8. The molecule has 9 atom stereocenters. The van der Waals surface area contributed by atoms with Gasteiger partial charge in [0.05, 0.1) is 13.2 Å². The number of ether oxygens (including phenoxy) is 3. The Balaban J connectivity index is -0.000000304. The van der Waals surface area contributed by atoms with Crippen molar-refractivity contribution in [3.63, 3.8) is 0 Å². The van der Waals surface area contributed by atoms with Crippen LogP contribution in [-0.2, 0) is 131 Å². The van der Waals surface area contributed by atoms with Crippen LogP contribution in [-0.4, -0.2) is 375 Å². The SMILES string of the molecule is CCN(CC)CC.CCN(CC)CC.CCN(CC)CC.CCN(CC)CC.CCN(CC)CC.CCN(CC)CC.CCN(CC)CC.CCN(CC)CC.O=S(=O)(O)OC[C@H]1O[C@@](COS(=O)(=O)O)(O[C@H]2O[C@H](COS(=O)(=O)O)[C@@H](OS(=O)(=O)O)[C@H](OS(=O)(=O)O)[C@H]2OS(=O)(=O)O)[C@@H](OS(=O)(=O)O)[C@@H]1OS(=O)(=O)O. The highest BCUT2D eigenvalue weighted by molar-refractivity contribution is 7.82. The zero-order chi connectivity index (χ0) is 88.6. The van der Waals surface area contributed by atoms with Crippen LogP contribution < -0.4 is 0 Å². The van der Waals surface area contributed by atoms with Gasteiger partial charge in [0.25, 0.3) is 0 Å². The van der Waals surface area contributed by atoms with Crippen molar-refractivity contribution in [3.05, 3.63) is 0 Å². The smallest absolute Gasteiger partial charge is 0.341 e. The fraction of sp³-hybridized carbons (Fsp3) is 1.00. The number of hydrogen-bond acceptors (Lipinski definition) is 35. The first-order valence-electron chi connectivity index (χ1n) is 36.9. The van der Waals surface area contributed by atoms with Crippen molar-refractivity contribution in [1.82, 2.24) is 39.2 Å². The molecule has 111 heavy (non-hydrogen) atoms. The Labute approximate surface area is 667 Å². The molecule has 2 heterocycles. The van der Waals surface area contributed by atoms with Gasteiger partial charge in [0.2, 0.25) is 5.79 Å². The lowest BCUT2D eigenvalue weighted by Crippen LogP contribution is -2.65.